The van der Waals surface area contributed by atoms with Crippen LogP contribution >= 0.6 is 24.8 Å². The molecule has 1 saturated heterocycles. The van der Waals surface area contributed by atoms with E-state index in [-0.39, 0.29) is 30.7 Å². The molecule has 8 heteroatoms. The molecule has 27 heavy (non-hydrogen) atoms. The Morgan fingerprint density at radius 2 is 1.85 bits per heavy atom. The molecule has 152 valence electrons. The molecule has 3 fully saturated rings. The molecule has 0 atom stereocenters. The predicted octanol–water partition coefficient (Wildman–Crippen LogP) is 2.80. The van der Waals surface area contributed by atoms with E-state index in [4.69, 9.17) is 5.73 Å². The van der Waals surface area contributed by atoms with Crippen molar-refractivity contribution in [1.29, 1.82) is 0 Å². The van der Waals surface area contributed by atoms with Gasteiger partial charge in [-0.05, 0) is 50.9 Å². The molecule has 2 saturated carbocycles. The van der Waals surface area contributed by atoms with Gasteiger partial charge in [0.15, 0.2) is 0 Å². The molecular formula is C19H31Cl2N5O. The van der Waals surface area contributed by atoms with Crippen LogP contribution in [-0.2, 0) is 4.79 Å². The van der Waals surface area contributed by atoms with E-state index in [0.29, 0.717) is 30.3 Å². The first-order valence-corrected chi connectivity index (χ1v) is 9.79. The first-order chi connectivity index (χ1) is 12.2. The number of nitrogens with zero attached hydrogens (tertiary/aromatic N) is 3. The molecule has 0 spiro atoms. The Labute approximate surface area is 173 Å². The van der Waals surface area contributed by atoms with Gasteiger partial charge in [0.25, 0.3) is 0 Å². The van der Waals surface area contributed by atoms with Crippen LogP contribution in [0.3, 0.4) is 0 Å². The van der Waals surface area contributed by atoms with Gasteiger partial charge in [0.2, 0.25) is 5.91 Å². The third kappa shape index (κ3) is 5.93. The molecule has 6 nitrogen and oxygen atoms in total. The molecule has 0 unspecified atom stereocenters. The zero-order valence-corrected chi connectivity index (χ0v) is 17.3. The number of rotatable bonds is 6. The number of amides is 1. The van der Waals surface area contributed by atoms with Crippen molar-refractivity contribution in [2.24, 2.45) is 11.7 Å². The van der Waals surface area contributed by atoms with Crippen molar-refractivity contribution in [2.75, 3.05) is 18.0 Å². The first-order valence-electron chi connectivity index (χ1n) is 9.79. The molecule has 0 radical (unpaired) electrons. The summed E-state index contributed by atoms with van der Waals surface area (Å²) in [5.41, 5.74) is 7.04. The topological polar surface area (TPSA) is 84.1 Å². The van der Waals surface area contributed by atoms with Crippen molar-refractivity contribution in [3.63, 3.8) is 0 Å². The lowest BCUT2D eigenvalue weighted by molar-refractivity contribution is -0.121. The van der Waals surface area contributed by atoms with Crippen LogP contribution < -0.4 is 16.0 Å². The molecule has 0 bridgehead atoms. The maximum atomic E-state index is 11.8. The molecule has 4 rings (SSSR count). The van der Waals surface area contributed by atoms with Crippen molar-refractivity contribution in [3.8, 4) is 0 Å². The molecule has 1 aromatic rings. The number of piperidine rings is 1. The molecule has 3 aliphatic rings. The van der Waals surface area contributed by atoms with E-state index in [1.807, 2.05) is 0 Å². The smallest absolute Gasteiger partial charge is 0.220 e. The Hall–Kier alpha value is -1.11. The van der Waals surface area contributed by atoms with E-state index >= 15 is 0 Å². The Balaban J connectivity index is 0.00000131. The molecule has 1 aliphatic heterocycles. The van der Waals surface area contributed by atoms with E-state index in [0.717, 1.165) is 69.5 Å². The van der Waals surface area contributed by atoms with Crippen LogP contribution in [0.5, 0.6) is 0 Å². The maximum Gasteiger partial charge on any atom is 0.220 e. The van der Waals surface area contributed by atoms with Gasteiger partial charge in [0.05, 0.1) is 0 Å². The van der Waals surface area contributed by atoms with Crippen LogP contribution in [0, 0.1) is 5.92 Å². The molecule has 3 N–H and O–H groups in total. The summed E-state index contributed by atoms with van der Waals surface area (Å²) in [5.74, 6) is 2.46. The fourth-order valence-corrected chi connectivity index (χ4v) is 3.97. The highest BCUT2D eigenvalue weighted by atomic mass is 35.5. The quantitative estimate of drug-likeness (QED) is 0.745. The SMILES string of the molecule is Cl.Cl.NC1CC(c2cc(N3CCC(CCC(=O)NC4CC4)CC3)ncn2)C1. The van der Waals surface area contributed by atoms with Crippen molar-refractivity contribution >= 4 is 36.5 Å². The van der Waals surface area contributed by atoms with Crippen molar-refractivity contribution in [1.82, 2.24) is 15.3 Å². The highest BCUT2D eigenvalue weighted by Gasteiger charge is 2.29. The van der Waals surface area contributed by atoms with Crippen LogP contribution in [0.1, 0.15) is 63.0 Å². The highest BCUT2D eigenvalue weighted by molar-refractivity contribution is 5.85. The largest absolute Gasteiger partial charge is 0.356 e. The lowest BCUT2D eigenvalue weighted by Gasteiger charge is -2.34. The minimum Gasteiger partial charge on any atom is -0.356 e. The number of carbonyl (C=O) groups is 1. The number of anilines is 1. The second-order valence-electron chi connectivity index (χ2n) is 8.04. The average Bonchev–Trinajstić information content (AvgIpc) is 3.42. The van der Waals surface area contributed by atoms with Gasteiger partial charge >= 0.3 is 0 Å². The Bertz CT molecular complexity index is 614. The number of halogens is 2. The van der Waals surface area contributed by atoms with Crippen LogP contribution in [0.15, 0.2) is 12.4 Å². The van der Waals surface area contributed by atoms with Crippen LogP contribution in [0.2, 0.25) is 0 Å². The predicted molar refractivity (Wildman–Crippen MR) is 112 cm³/mol. The normalized spacial score (nSPS) is 25.0. The summed E-state index contributed by atoms with van der Waals surface area (Å²) in [5, 5.41) is 3.08. The summed E-state index contributed by atoms with van der Waals surface area (Å²) >= 11 is 0. The maximum absolute atomic E-state index is 11.8. The van der Waals surface area contributed by atoms with E-state index in [1.54, 1.807) is 6.33 Å². The molecule has 2 heterocycles. The standard InChI is InChI=1S/C19H29N5O.2ClH/c20-15-9-14(10-15)17-11-18(22-12-21-17)24-7-5-13(6-8-24)1-4-19(25)23-16-2-3-16;;/h11-16H,1-10,20H2,(H,23,25);2*1H. The van der Waals surface area contributed by atoms with Crippen molar-refractivity contribution in [3.05, 3.63) is 18.1 Å². The van der Waals surface area contributed by atoms with Gasteiger partial charge in [0.1, 0.15) is 12.1 Å². The zero-order valence-electron chi connectivity index (χ0n) is 15.7. The molecule has 2 aliphatic carbocycles. The number of hydrogen-bond acceptors (Lipinski definition) is 5. The summed E-state index contributed by atoms with van der Waals surface area (Å²) in [6, 6.07) is 2.97. The fraction of sp³-hybridized carbons (Fsp3) is 0.737. The summed E-state index contributed by atoms with van der Waals surface area (Å²) < 4.78 is 0. The van der Waals surface area contributed by atoms with Gasteiger partial charge in [-0.25, -0.2) is 9.97 Å². The third-order valence-corrected chi connectivity index (χ3v) is 5.93. The summed E-state index contributed by atoms with van der Waals surface area (Å²) in [6.07, 6.45) is 10.1. The number of nitrogens with one attached hydrogen (secondary N) is 1. The molecular weight excluding hydrogens is 385 g/mol. The van der Waals surface area contributed by atoms with Crippen LogP contribution in [-0.4, -0.2) is 41.0 Å². The van der Waals surface area contributed by atoms with Gasteiger partial charge in [-0.15, -0.1) is 24.8 Å². The van der Waals surface area contributed by atoms with Gasteiger partial charge in [0, 0.05) is 49.3 Å². The Morgan fingerprint density at radius 1 is 1.15 bits per heavy atom. The van der Waals surface area contributed by atoms with E-state index in [2.05, 4.69) is 26.3 Å². The number of hydrogen-bond donors (Lipinski definition) is 2. The zero-order chi connectivity index (χ0) is 17.2. The minimum absolute atomic E-state index is 0. The minimum atomic E-state index is 0. The van der Waals surface area contributed by atoms with E-state index < -0.39 is 0 Å². The number of aromatic nitrogens is 2. The number of nitrogens with two attached hydrogens (primary N) is 1. The van der Waals surface area contributed by atoms with Gasteiger partial charge < -0.3 is 16.0 Å². The average molecular weight is 416 g/mol. The second kappa shape index (κ2) is 9.89. The summed E-state index contributed by atoms with van der Waals surface area (Å²) in [4.78, 5) is 23.1. The van der Waals surface area contributed by atoms with Gasteiger partial charge in [-0.2, -0.15) is 0 Å². The number of carbonyl (C=O) groups excluding carboxylic acids is 1. The van der Waals surface area contributed by atoms with Gasteiger partial charge in [-0.3, -0.25) is 4.79 Å². The van der Waals surface area contributed by atoms with Crippen LogP contribution in [0.4, 0.5) is 5.82 Å². The Morgan fingerprint density at radius 3 is 2.48 bits per heavy atom. The molecule has 1 aromatic heterocycles. The van der Waals surface area contributed by atoms with Crippen molar-refractivity contribution in [2.45, 2.75) is 69.4 Å². The monoisotopic (exact) mass is 415 g/mol. The van der Waals surface area contributed by atoms with Gasteiger partial charge in [-0.1, -0.05) is 0 Å². The van der Waals surface area contributed by atoms with Crippen LogP contribution in [0.25, 0.3) is 0 Å². The third-order valence-electron chi connectivity index (χ3n) is 5.93. The lowest BCUT2D eigenvalue weighted by atomic mass is 9.78. The highest BCUT2D eigenvalue weighted by Crippen LogP contribution is 2.35. The fourth-order valence-electron chi connectivity index (χ4n) is 3.97. The lowest BCUT2D eigenvalue weighted by Crippen LogP contribution is -2.36. The first kappa shape index (κ1) is 22.2. The summed E-state index contributed by atoms with van der Waals surface area (Å²) in [6.45, 7) is 2.05. The van der Waals surface area contributed by atoms with E-state index in [9.17, 15) is 4.79 Å². The van der Waals surface area contributed by atoms with E-state index in [1.165, 1.54) is 0 Å². The Kier molecular flexibility index (Phi) is 8.13. The molecule has 1 amide bonds. The van der Waals surface area contributed by atoms with Crippen molar-refractivity contribution < 1.29 is 4.79 Å². The molecule has 0 aromatic carbocycles. The summed E-state index contributed by atoms with van der Waals surface area (Å²) in [7, 11) is 0. The second-order valence-corrected chi connectivity index (χ2v) is 8.04.